The van der Waals surface area contributed by atoms with Crippen LogP contribution in [0.1, 0.15) is 37.1 Å². The highest BCUT2D eigenvalue weighted by atomic mass is 19.3. The summed E-state index contributed by atoms with van der Waals surface area (Å²) < 4.78 is 34.3. The first kappa shape index (κ1) is 19.1. The van der Waals surface area contributed by atoms with Crippen molar-refractivity contribution >= 4 is 11.6 Å². The zero-order chi connectivity index (χ0) is 19.7. The lowest BCUT2D eigenvalue weighted by Crippen LogP contribution is -2.37. The van der Waals surface area contributed by atoms with Crippen molar-refractivity contribution in [2.24, 2.45) is 0 Å². The summed E-state index contributed by atoms with van der Waals surface area (Å²) in [4.78, 5) is 6.97. The maximum Gasteiger partial charge on any atom is 0.248 e. The minimum Gasteiger partial charge on any atom is -0.378 e. The minimum absolute atomic E-state index is 0.0142. The molecule has 152 valence electrons. The number of nitrogens with one attached hydrogen (secondary N) is 1. The topological polar surface area (TPSA) is 55.2 Å². The van der Waals surface area contributed by atoms with Crippen molar-refractivity contribution in [1.29, 1.82) is 0 Å². The molecule has 1 saturated heterocycles. The second-order valence-corrected chi connectivity index (χ2v) is 7.78. The quantitative estimate of drug-likeness (QED) is 0.861. The van der Waals surface area contributed by atoms with Gasteiger partial charge in [0.15, 0.2) is 0 Å². The number of pyridine rings is 1. The molecule has 1 aliphatic heterocycles. The van der Waals surface area contributed by atoms with Crippen LogP contribution in [0.2, 0.25) is 0 Å². The molecule has 2 aliphatic rings. The Hall–Kier alpha value is -2.22. The Kier molecular flexibility index (Phi) is 5.23. The molecule has 0 unspecified atom stereocenters. The number of aromatic nitrogens is 3. The predicted octanol–water partition coefficient (Wildman–Crippen LogP) is 3.71. The van der Waals surface area contributed by atoms with E-state index in [0.717, 1.165) is 36.0 Å². The fourth-order valence-electron chi connectivity index (χ4n) is 3.94. The number of alkyl halides is 2. The molecule has 1 aliphatic carbocycles. The van der Waals surface area contributed by atoms with Gasteiger partial charge in [-0.2, -0.15) is 5.10 Å². The Morgan fingerprint density at radius 2 is 1.82 bits per heavy atom. The Balaban J connectivity index is 1.63. The molecule has 2 fully saturated rings. The van der Waals surface area contributed by atoms with Crippen molar-refractivity contribution in [1.82, 2.24) is 14.8 Å². The normalized spacial score (nSPS) is 20.4. The predicted molar refractivity (Wildman–Crippen MR) is 105 cm³/mol. The van der Waals surface area contributed by atoms with Crippen molar-refractivity contribution in [3.63, 3.8) is 0 Å². The van der Waals surface area contributed by atoms with E-state index >= 15 is 0 Å². The summed E-state index contributed by atoms with van der Waals surface area (Å²) >= 11 is 0. The van der Waals surface area contributed by atoms with Gasteiger partial charge in [0.2, 0.25) is 5.92 Å². The number of morpholine rings is 1. The lowest BCUT2D eigenvalue weighted by molar-refractivity contribution is -0.0361. The number of hydrogen-bond donors (Lipinski definition) is 1. The summed E-state index contributed by atoms with van der Waals surface area (Å²) in [5.74, 6) is -0.963. The van der Waals surface area contributed by atoms with E-state index < -0.39 is 5.92 Å². The van der Waals surface area contributed by atoms with E-state index in [1.165, 1.54) is 0 Å². The van der Waals surface area contributed by atoms with Gasteiger partial charge in [-0.25, -0.2) is 18.4 Å². The van der Waals surface area contributed by atoms with Crippen LogP contribution in [0.5, 0.6) is 0 Å². The van der Waals surface area contributed by atoms with Crippen LogP contribution in [-0.4, -0.2) is 53.0 Å². The summed E-state index contributed by atoms with van der Waals surface area (Å²) in [5, 5.41) is 7.98. The van der Waals surface area contributed by atoms with E-state index in [-0.39, 0.29) is 18.9 Å². The molecule has 6 nitrogen and oxygen atoms in total. The van der Waals surface area contributed by atoms with Crippen LogP contribution in [0.15, 0.2) is 18.2 Å². The second-order valence-electron chi connectivity index (χ2n) is 7.78. The van der Waals surface area contributed by atoms with Crippen molar-refractivity contribution in [3.05, 3.63) is 29.6 Å². The van der Waals surface area contributed by atoms with Gasteiger partial charge >= 0.3 is 0 Å². The fraction of sp³-hybridized carbons (Fsp3) is 0.600. The van der Waals surface area contributed by atoms with E-state index in [0.29, 0.717) is 31.9 Å². The first-order valence-electron chi connectivity index (χ1n) is 9.92. The van der Waals surface area contributed by atoms with Gasteiger partial charge in [0.25, 0.3) is 0 Å². The zero-order valence-corrected chi connectivity index (χ0v) is 16.4. The minimum atomic E-state index is -2.53. The molecule has 0 aromatic carbocycles. The highest BCUT2D eigenvalue weighted by Crippen LogP contribution is 2.34. The number of halogens is 2. The van der Waals surface area contributed by atoms with E-state index in [1.54, 1.807) is 0 Å². The molecule has 8 heteroatoms. The largest absolute Gasteiger partial charge is 0.378 e. The van der Waals surface area contributed by atoms with Crippen LogP contribution in [0.25, 0.3) is 5.69 Å². The Morgan fingerprint density at radius 1 is 1.11 bits per heavy atom. The monoisotopic (exact) mass is 391 g/mol. The number of hydrogen-bond acceptors (Lipinski definition) is 5. The molecular formula is C20H27F2N5O. The smallest absolute Gasteiger partial charge is 0.248 e. The first-order chi connectivity index (χ1) is 13.4. The van der Waals surface area contributed by atoms with E-state index in [4.69, 9.17) is 9.72 Å². The maximum atomic E-state index is 13.5. The van der Waals surface area contributed by atoms with Gasteiger partial charge in [-0.3, -0.25) is 0 Å². The van der Waals surface area contributed by atoms with Gasteiger partial charge in [0, 0.05) is 49.8 Å². The molecule has 0 radical (unpaired) electrons. The van der Waals surface area contributed by atoms with Crippen molar-refractivity contribution in [2.75, 3.05) is 36.5 Å². The van der Waals surface area contributed by atoms with Crippen LogP contribution in [-0.2, 0) is 4.74 Å². The summed E-state index contributed by atoms with van der Waals surface area (Å²) in [6.45, 7) is 6.89. The third-order valence-electron chi connectivity index (χ3n) is 5.45. The standard InChI is InChI=1S/C20H27F2N5O/c1-14-11-15(2)27(25-14)17-12-18(23-16-3-5-20(21,22)6-4-16)24-19(13-17)26-7-9-28-10-8-26/h11-13,16H,3-10H2,1-2H3,(H,23,24). The van der Waals surface area contributed by atoms with Gasteiger partial charge in [-0.1, -0.05) is 0 Å². The highest BCUT2D eigenvalue weighted by molar-refractivity contribution is 5.56. The van der Waals surface area contributed by atoms with Crippen LogP contribution in [0.3, 0.4) is 0 Å². The lowest BCUT2D eigenvalue weighted by atomic mass is 9.92. The molecular weight excluding hydrogens is 364 g/mol. The van der Waals surface area contributed by atoms with Crippen LogP contribution >= 0.6 is 0 Å². The zero-order valence-electron chi connectivity index (χ0n) is 16.4. The number of anilines is 2. The Morgan fingerprint density at radius 3 is 2.46 bits per heavy atom. The summed E-state index contributed by atoms with van der Waals surface area (Å²) in [6.07, 6.45) is 0.758. The highest BCUT2D eigenvalue weighted by Gasteiger charge is 2.35. The third-order valence-corrected chi connectivity index (χ3v) is 5.45. The van der Waals surface area contributed by atoms with Gasteiger partial charge in [-0.05, 0) is 32.8 Å². The van der Waals surface area contributed by atoms with Gasteiger partial charge in [0.1, 0.15) is 11.6 Å². The van der Waals surface area contributed by atoms with Crippen molar-refractivity contribution < 1.29 is 13.5 Å². The van der Waals surface area contributed by atoms with Crippen molar-refractivity contribution in [2.45, 2.75) is 51.5 Å². The molecule has 4 rings (SSSR count). The van der Waals surface area contributed by atoms with Crippen LogP contribution in [0.4, 0.5) is 20.4 Å². The number of aryl methyl sites for hydroxylation is 2. The molecule has 1 N–H and O–H groups in total. The Bertz CT molecular complexity index is 822. The first-order valence-corrected chi connectivity index (χ1v) is 9.92. The summed E-state index contributed by atoms with van der Waals surface area (Å²) in [5.41, 5.74) is 2.91. The number of ether oxygens (including phenoxy) is 1. The fourth-order valence-corrected chi connectivity index (χ4v) is 3.94. The van der Waals surface area contributed by atoms with E-state index in [2.05, 4.69) is 15.3 Å². The Labute approximate surface area is 163 Å². The SMILES string of the molecule is Cc1cc(C)n(-c2cc(NC3CCC(F)(F)CC3)nc(N3CCOCC3)c2)n1. The lowest BCUT2D eigenvalue weighted by Gasteiger charge is -2.31. The molecule has 2 aromatic heterocycles. The molecule has 28 heavy (non-hydrogen) atoms. The van der Waals surface area contributed by atoms with Gasteiger partial charge in [0.05, 0.1) is 24.6 Å². The molecule has 0 bridgehead atoms. The number of nitrogens with zero attached hydrogens (tertiary/aromatic N) is 4. The summed E-state index contributed by atoms with van der Waals surface area (Å²) in [7, 11) is 0. The maximum absolute atomic E-state index is 13.5. The molecule has 2 aromatic rings. The number of rotatable bonds is 4. The van der Waals surface area contributed by atoms with Crippen molar-refractivity contribution in [3.8, 4) is 5.69 Å². The molecule has 0 spiro atoms. The molecule has 0 atom stereocenters. The molecule has 0 amide bonds. The molecule has 1 saturated carbocycles. The average Bonchev–Trinajstić information content (AvgIpc) is 3.02. The van der Waals surface area contributed by atoms with Gasteiger partial charge < -0.3 is 15.0 Å². The average molecular weight is 391 g/mol. The molecule has 3 heterocycles. The van der Waals surface area contributed by atoms with Gasteiger partial charge in [-0.15, -0.1) is 0 Å². The van der Waals surface area contributed by atoms with E-state index in [1.807, 2.05) is 36.7 Å². The third kappa shape index (κ3) is 4.27. The van der Waals surface area contributed by atoms with E-state index in [9.17, 15) is 8.78 Å². The second kappa shape index (κ2) is 7.66. The van der Waals surface area contributed by atoms with Crippen LogP contribution < -0.4 is 10.2 Å². The van der Waals surface area contributed by atoms with Crippen LogP contribution in [0, 0.1) is 13.8 Å². The summed E-state index contributed by atoms with van der Waals surface area (Å²) in [6, 6.07) is 6.03.